The van der Waals surface area contributed by atoms with E-state index < -0.39 is 16.1 Å². The zero-order valence-electron chi connectivity index (χ0n) is 19.1. The molecule has 2 aromatic heterocycles. The van der Waals surface area contributed by atoms with Crippen LogP contribution >= 0.6 is 0 Å². The summed E-state index contributed by atoms with van der Waals surface area (Å²) in [7, 11) is -3.35. The Labute approximate surface area is 195 Å². The van der Waals surface area contributed by atoms with Crippen molar-refractivity contribution in [3.63, 3.8) is 0 Å². The molecule has 1 saturated heterocycles. The molecule has 7 heteroatoms. The molecule has 3 heterocycles. The molecule has 174 valence electrons. The maximum Gasteiger partial charge on any atom is 0.211 e. The van der Waals surface area contributed by atoms with E-state index >= 15 is 0 Å². The van der Waals surface area contributed by atoms with E-state index in [1.54, 1.807) is 0 Å². The molecule has 33 heavy (non-hydrogen) atoms. The van der Waals surface area contributed by atoms with Crippen molar-refractivity contribution >= 4 is 21.5 Å². The molecule has 6 nitrogen and oxygen atoms in total. The van der Waals surface area contributed by atoms with E-state index in [0.717, 1.165) is 30.5 Å². The number of aryl methyl sites for hydroxylation is 1. The van der Waals surface area contributed by atoms with Crippen molar-refractivity contribution in [2.75, 3.05) is 12.8 Å². The summed E-state index contributed by atoms with van der Waals surface area (Å²) in [5.74, 6) is 0.625. The van der Waals surface area contributed by atoms with Crippen molar-refractivity contribution in [1.29, 1.82) is 0 Å². The molecule has 0 radical (unpaired) electrons. The Kier molecular flexibility index (Phi) is 6.10. The van der Waals surface area contributed by atoms with Gasteiger partial charge in [-0.2, -0.15) is 4.31 Å². The predicted octanol–water partition coefficient (Wildman–Crippen LogP) is 4.12. The molecular weight excluding hydrogens is 434 g/mol. The summed E-state index contributed by atoms with van der Waals surface area (Å²) >= 11 is 0. The van der Waals surface area contributed by atoms with E-state index in [1.807, 2.05) is 12.1 Å². The highest BCUT2D eigenvalue weighted by Gasteiger charge is 2.34. The van der Waals surface area contributed by atoms with Gasteiger partial charge in [0.1, 0.15) is 5.65 Å². The van der Waals surface area contributed by atoms with Gasteiger partial charge >= 0.3 is 0 Å². The lowest BCUT2D eigenvalue weighted by Gasteiger charge is -2.32. The van der Waals surface area contributed by atoms with Gasteiger partial charge < -0.3 is 4.40 Å². The number of piperidine rings is 1. The largest absolute Gasteiger partial charge is 0.303 e. The number of rotatable bonds is 8. The third-order valence-corrected chi connectivity index (χ3v) is 8.22. The fourth-order valence-electron chi connectivity index (χ4n) is 5.00. The number of pyridine rings is 1. The number of carbonyl (C=O) groups is 1. The fraction of sp³-hybridized carbons (Fsp3) is 0.462. The van der Waals surface area contributed by atoms with Gasteiger partial charge in [0.15, 0.2) is 5.78 Å². The number of ketones is 1. The van der Waals surface area contributed by atoms with Crippen molar-refractivity contribution in [1.82, 2.24) is 13.7 Å². The molecule has 1 saturated carbocycles. The second-order valence-electron chi connectivity index (χ2n) is 9.49. The van der Waals surface area contributed by atoms with Crippen LogP contribution in [0.4, 0.5) is 0 Å². The minimum atomic E-state index is -3.35. The van der Waals surface area contributed by atoms with Gasteiger partial charge in [0.25, 0.3) is 0 Å². The number of fused-ring (bicyclic) bond motifs is 1. The van der Waals surface area contributed by atoms with Gasteiger partial charge in [-0.05, 0) is 55.4 Å². The minimum absolute atomic E-state index is 0.0315. The van der Waals surface area contributed by atoms with Gasteiger partial charge in [-0.1, -0.05) is 36.8 Å². The number of carbonyl (C=O) groups excluding carboxylic acids is 1. The van der Waals surface area contributed by atoms with E-state index in [4.69, 9.17) is 4.98 Å². The average molecular weight is 466 g/mol. The van der Waals surface area contributed by atoms with Crippen LogP contribution in [0.2, 0.25) is 0 Å². The lowest BCUT2D eigenvalue weighted by molar-refractivity contribution is -0.123. The number of hydrogen-bond acceptors (Lipinski definition) is 4. The number of sulfonamides is 1. The molecule has 1 aliphatic heterocycles. The van der Waals surface area contributed by atoms with Crippen LogP contribution in [-0.2, 0) is 27.7 Å². The summed E-state index contributed by atoms with van der Waals surface area (Å²) in [5.41, 5.74) is 5.85. The Morgan fingerprint density at radius 3 is 2.52 bits per heavy atom. The van der Waals surface area contributed by atoms with Crippen molar-refractivity contribution in [3.8, 4) is 0 Å². The zero-order valence-corrected chi connectivity index (χ0v) is 19.9. The van der Waals surface area contributed by atoms with Crippen LogP contribution in [0.1, 0.15) is 67.0 Å². The van der Waals surface area contributed by atoms with E-state index in [9.17, 15) is 13.2 Å². The number of nitrogens with zero attached hydrogens (tertiary/aromatic N) is 3. The highest BCUT2D eigenvalue weighted by atomic mass is 32.2. The molecule has 1 aliphatic carbocycles. The first kappa shape index (κ1) is 22.3. The van der Waals surface area contributed by atoms with Gasteiger partial charge in [0.2, 0.25) is 10.0 Å². The van der Waals surface area contributed by atoms with Crippen molar-refractivity contribution in [3.05, 3.63) is 71.2 Å². The predicted molar refractivity (Wildman–Crippen MR) is 129 cm³/mol. The average Bonchev–Trinajstić information content (AvgIpc) is 3.60. The molecule has 0 spiro atoms. The number of hydrogen-bond donors (Lipinski definition) is 0. The summed E-state index contributed by atoms with van der Waals surface area (Å²) in [6.07, 6.45) is 9.95. The molecular formula is C26H31N3O3S. The lowest BCUT2D eigenvalue weighted by atomic mass is 9.96. The van der Waals surface area contributed by atoms with Gasteiger partial charge in [0, 0.05) is 31.5 Å². The van der Waals surface area contributed by atoms with E-state index in [1.165, 1.54) is 40.4 Å². The van der Waals surface area contributed by atoms with E-state index in [2.05, 4.69) is 40.9 Å². The number of benzene rings is 1. The van der Waals surface area contributed by atoms with Gasteiger partial charge in [-0.3, -0.25) is 4.79 Å². The van der Waals surface area contributed by atoms with Crippen LogP contribution in [0, 0.1) is 0 Å². The molecule has 1 atom stereocenters. The molecule has 2 aliphatic rings. The fourth-order valence-corrected chi connectivity index (χ4v) is 6.15. The van der Waals surface area contributed by atoms with Crippen LogP contribution in [0.25, 0.3) is 5.65 Å². The van der Waals surface area contributed by atoms with E-state index in [0.29, 0.717) is 31.7 Å². The summed E-state index contributed by atoms with van der Waals surface area (Å²) < 4.78 is 27.7. The molecule has 2 fully saturated rings. The number of imidazole rings is 1. The summed E-state index contributed by atoms with van der Waals surface area (Å²) in [6, 6.07) is 14.1. The first-order valence-corrected chi connectivity index (χ1v) is 13.8. The smallest absolute Gasteiger partial charge is 0.211 e. The number of Topliss-reactive ketones (excluding diaryl/α,β-unsaturated/α-hetero) is 1. The third kappa shape index (κ3) is 4.89. The lowest BCUT2D eigenvalue weighted by Crippen LogP contribution is -2.47. The maximum atomic E-state index is 12.8. The topological polar surface area (TPSA) is 71.8 Å². The Morgan fingerprint density at radius 1 is 1.03 bits per heavy atom. The highest BCUT2D eigenvalue weighted by Crippen LogP contribution is 2.41. The second kappa shape index (κ2) is 9.03. The Bertz CT molecular complexity index is 1260. The second-order valence-corrected chi connectivity index (χ2v) is 11.4. The van der Waals surface area contributed by atoms with Crippen LogP contribution in [-0.4, -0.2) is 46.7 Å². The van der Waals surface area contributed by atoms with Crippen molar-refractivity contribution in [2.45, 2.75) is 63.3 Å². The zero-order chi connectivity index (χ0) is 23.0. The molecule has 1 unspecified atom stereocenters. The molecule has 0 N–H and O–H groups in total. The molecule has 1 aromatic carbocycles. The normalized spacial score (nSPS) is 19.7. The number of aromatic nitrogens is 2. The Balaban J connectivity index is 1.25. The Morgan fingerprint density at radius 2 is 1.79 bits per heavy atom. The van der Waals surface area contributed by atoms with Crippen molar-refractivity contribution < 1.29 is 13.2 Å². The summed E-state index contributed by atoms with van der Waals surface area (Å²) in [4.78, 5) is 17.7. The van der Waals surface area contributed by atoms with Gasteiger partial charge in [-0.15, -0.1) is 0 Å². The minimum Gasteiger partial charge on any atom is -0.303 e. The standard InChI is InChI=1S/C26H31N3O3S/c1-33(31,32)29-17-5-2-6-22(29)24(30)15-12-19-8-10-20(11-9-19)18-23-26(21-13-14-21)27-25-7-3-4-16-28(23)25/h3-4,7-11,16,21-22H,2,5-6,12-15,17-18H2,1H3. The summed E-state index contributed by atoms with van der Waals surface area (Å²) in [5, 5.41) is 0. The quantitative estimate of drug-likeness (QED) is 0.502. The maximum absolute atomic E-state index is 12.8. The first-order chi connectivity index (χ1) is 15.9. The summed E-state index contributed by atoms with van der Waals surface area (Å²) in [6.45, 7) is 0.454. The van der Waals surface area contributed by atoms with E-state index in [-0.39, 0.29) is 5.78 Å². The first-order valence-electron chi connectivity index (χ1n) is 11.9. The Hall–Kier alpha value is -2.51. The van der Waals surface area contributed by atoms with Crippen LogP contribution in [0.15, 0.2) is 48.7 Å². The SMILES string of the molecule is CS(=O)(=O)N1CCCCC1C(=O)CCc1ccc(Cc2c(C3CC3)nc3ccccn23)cc1. The van der Waals surface area contributed by atoms with Crippen LogP contribution in [0.5, 0.6) is 0 Å². The van der Waals surface area contributed by atoms with Crippen LogP contribution < -0.4 is 0 Å². The molecule has 0 amide bonds. The third-order valence-electron chi connectivity index (χ3n) is 6.93. The van der Waals surface area contributed by atoms with Gasteiger partial charge in [-0.25, -0.2) is 13.4 Å². The molecule has 0 bridgehead atoms. The highest BCUT2D eigenvalue weighted by molar-refractivity contribution is 7.88. The molecule has 5 rings (SSSR count). The van der Waals surface area contributed by atoms with Crippen molar-refractivity contribution in [2.24, 2.45) is 0 Å². The van der Waals surface area contributed by atoms with Crippen LogP contribution in [0.3, 0.4) is 0 Å². The monoisotopic (exact) mass is 465 g/mol. The van der Waals surface area contributed by atoms with Gasteiger partial charge in [0.05, 0.1) is 23.7 Å². The molecule has 3 aromatic rings.